The molecule has 2 unspecified atom stereocenters. The molecule has 2 N–H and O–H groups in total. The maximum absolute atomic E-state index is 11.9. The Bertz CT molecular complexity index is 601. The van der Waals surface area contributed by atoms with Gasteiger partial charge in [-0.05, 0) is 30.5 Å². The summed E-state index contributed by atoms with van der Waals surface area (Å²) in [5.41, 5.74) is 2.39. The lowest BCUT2D eigenvalue weighted by Gasteiger charge is -2.43. The Labute approximate surface area is 136 Å². The summed E-state index contributed by atoms with van der Waals surface area (Å²) in [7, 11) is 0. The van der Waals surface area contributed by atoms with Gasteiger partial charge in [0.2, 0.25) is 11.8 Å². The van der Waals surface area contributed by atoms with Gasteiger partial charge in [-0.2, -0.15) is 0 Å². The van der Waals surface area contributed by atoms with Crippen LogP contribution in [0.1, 0.15) is 42.2 Å². The van der Waals surface area contributed by atoms with E-state index in [-0.39, 0.29) is 17.7 Å². The van der Waals surface area contributed by atoms with E-state index in [1.165, 1.54) is 12.0 Å². The predicted octanol–water partition coefficient (Wildman–Crippen LogP) is 0.968. The second kappa shape index (κ2) is 6.06. The zero-order valence-corrected chi connectivity index (χ0v) is 13.3. The third kappa shape index (κ3) is 2.91. The number of hydrogen-bond acceptors (Lipinski definition) is 4. The van der Waals surface area contributed by atoms with Crippen LogP contribution in [0.25, 0.3) is 0 Å². The summed E-state index contributed by atoms with van der Waals surface area (Å²) in [4.78, 5) is 25.7. The van der Waals surface area contributed by atoms with Crippen LogP contribution in [0.15, 0.2) is 24.3 Å². The SMILES string of the molecule is O=C1CCC(c2ccc(C3CN(C4CCNC4)C3)cc2)C(=O)N1. The van der Waals surface area contributed by atoms with Crippen molar-refractivity contribution in [3.05, 3.63) is 35.4 Å². The minimum Gasteiger partial charge on any atom is -0.315 e. The Hall–Kier alpha value is -1.72. The summed E-state index contributed by atoms with van der Waals surface area (Å²) < 4.78 is 0. The molecule has 0 bridgehead atoms. The van der Waals surface area contributed by atoms with E-state index < -0.39 is 0 Å². The molecule has 1 aromatic carbocycles. The Morgan fingerprint density at radius 2 is 1.74 bits per heavy atom. The highest BCUT2D eigenvalue weighted by molar-refractivity contribution is 6.00. The molecule has 0 aliphatic carbocycles. The number of hydrogen-bond donors (Lipinski definition) is 2. The highest BCUT2D eigenvalue weighted by Crippen LogP contribution is 2.32. The highest BCUT2D eigenvalue weighted by atomic mass is 16.2. The third-order valence-corrected chi connectivity index (χ3v) is 5.51. The van der Waals surface area contributed by atoms with Gasteiger partial charge in [-0.25, -0.2) is 0 Å². The Morgan fingerprint density at radius 1 is 1.00 bits per heavy atom. The number of amides is 2. The van der Waals surface area contributed by atoms with Crippen molar-refractivity contribution in [2.45, 2.75) is 37.1 Å². The number of piperidine rings is 1. The van der Waals surface area contributed by atoms with Crippen LogP contribution in [-0.4, -0.2) is 48.9 Å². The first-order chi connectivity index (χ1) is 11.2. The molecule has 0 radical (unpaired) electrons. The molecule has 0 spiro atoms. The van der Waals surface area contributed by atoms with Crippen LogP contribution in [0.2, 0.25) is 0 Å². The lowest BCUT2D eigenvalue weighted by Crippen LogP contribution is -2.51. The molecule has 3 saturated heterocycles. The van der Waals surface area contributed by atoms with Crippen LogP contribution in [0, 0.1) is 0 Å². The topological polar surface area (TPSA) is 61.4 Å². The lowest BCUT2D eigenvalue weighted by molar-refractivity contribution is -0.134. The molecule has 2 atom stereocenters. The quantitative estimate of drug-likeness (QED) is 0.816. The van der Waals surface area contributed by atoms with Gasteiger partial charge in [-0.3, -0.25) is 19.8 Å². The normalized spacial score (nSPS) is 29.4. The van der Waals surface area contributed by atoms with Crippen molar-refractivity contribution in [2.24, 2.45) is 0 Å². The van der Waals surface area contributed by atoms with Crippen LogP contribution in [0.3, 0.4) is 0 Å². The van der Waals surface area contributed by atoms with Crippen molar-refractivity contribution in [1.29, 1.82) is 0 Å². The fourth-order valence-corrected chi connectivity index (χ4v) is 3.98. The van der Waals surface area contributed by atoms with Gasteiger partial charge < -0.3 is 5.32 Å². The van der Waals surface area contributed by atoms with E-state index in [0.29, 0.717) is 24.8 Å². The van der Waals surface area contributed by atoms with Gasteiger partial charge >= 0.3 is 0 Å². The van der Waals surface area contributed by atoms with E-state index in [2.05, 4.69) is 39.8 Å². The first-order valence-corrected chi connectivity index (χ1v) is 8.59. The third-order valence-electron chi connectivity index (χ3n) is 5.51. The number of rotatable bonds is 3. The number of likely N-dealkylation sites (tertiary alicyclic amines) is 1. The molecule has 1 aromatic rings. The van der Waals surface area contributed by atoms with Gasteiger partial charge in [0, 0.05) is 38.0 Å². The molecule has 2 amide bonds. The number of benzene rings is 1. The minimum absolute atomic E-state index is 0.154. The molecular formula is C18H23N3O2. The van der Waals surface area contributed by atoms with Crippen molar-refractivity contribution in [1.82, 2.24) is 15.5 Å². The fraction of sp³-hybridized carbons (Fsp3) is 0.556. The Kier molecular flexibility index (Phi) is 3.91. The summed E-state index contributed by atoms with van der Waals surface area (Å²) in [6.45, 7) is 4.56. The van der Waals surface area contributed by atoms with Gasteiger partial charge in [0.05, 0.1) is 5.92 Å². The number of nitrogens with zero attached hydrogens (tertiary/aromatic N) is 1. The summed E-state index contributed by atoms with van der Waals surface area (Å²) in [6, 6.07) is 9.17. The molecule has 0 aromatic heterocycles. The largest absolute Gasteiger partial charge is 0.315 e. The molecule has 5 heteroatoms. The number of imide groups is 1. The summed E-state index contributed by atoms with van der Waals surface area (Å²) in [6.07, 6.45) is 2.32. The molecule has 23 heavy (non-hydrogen) atoms. The van der Waals surface area contributed by atoms with Crippen LogP contribution < -0.4 is 10.6 Å². The fourth-order valence-electron chi connectivity index (χ4n) is 3.98. The zero-order valence-electron chi connectivity index (χ0n) is 13.3. The van der Waals surface area contributed by atoms with E-state index in [1.807, 2.05) is 0 Å². The molecule has 122 valence electrons. The average Bonchev–Trinajstić information content (AvgIpc) is 3.01. The van der Waals surface area contributed by atoms with E-state index in [4.69, 9.17) is 0 Å². The second-order valence-electron chi connectivity index (χ2n) is 6.97. The predicted molar refractivity (Wildman–Crippen MR) is 87.2 cm³/mol. The Morgan fingerprint density at radius 3 is 2.39 bits per heavy atom. The number of carbonyl (C=O) groups excluding carboxylic acids is 2. The summed E-state index contributed by atoms with van der Waals surface area (Å²) in [5, 5.41) is 5.86. The molecule has 3 fully saturated rings. The van der Waals surface area contributed by atoms with Crippen molar-refractivity contribution in [3.63, 3.8) is 0 Å². The van der Waals surface area contributed by atoms with Gasteiger partial charge in [0.25, 0.3) is 0 Å². The van der Waals surface area contributed by atoms with E-state index >= 15 is 0 Å². The summed E-state index contributed by atoms with van der Waals surface area (Å²) >= 11 is 0. The van der Waals surface area contributed by atoms with Gasteiger partial charge in [-0.15, -0.1) is 0 Å². The second-order valence-corrected chi connectivity index (χ2v) is 6.97. The van der Waals surface area contributed by atoms with Crippen LogP contribution in [0.4, 0.5) is 0 Å². The number of nitrogens with one attached hydrogen (secondary N) is 2. The van der Waals surface area contributed by atoms with Crippen LogP contribution >= 0.6 is 0 Å². The van der Waals surface area contributed by atoms with Crippen molar-refractivity contribution < 1.29 is 9.59 Å². The maximum atomic E-state index is 11.9. The van der Waals surface area contributed by atoms with Gasteiger partial charge in [0.15, 0.2) is 0 Å². The van der Waals surface area contributed by atoms with Crippen molar-refractivity contribution in [2.75, 3.05) is 26.2 Å². The monoisotopic (exact) mass is 313 g/mol. The maximum Gasteiger partial charge on any atom is 0.234 e. The van der Waals surface area contributed by atoms with Crippen molar-refractivity contribution >= 4 is 11.8 Å². The van der Waals surface area contributed by atoms with E-state index in [9.17, 15) is 9.59 Å². The van der Waals surface area contributed by atoms with Gasteiger partial charge in [-0.1, -0.05) is 24.3 Å². The first kappa shape index (κ1) is 14.8. The smallest absolute Gasteiger partial charge is 0.234 e. The van der Waals surface area contributed by atoms with E-state index in [1.54, 1.807) is 0 Å². The van der Waals surface area contributed by atoms with E-state index in [0.717, 1.165) is 31.7 Å². The number of carbonyl (C=O) groups is 2. The molecule has 3 aliphatic heterocycles. The van der Waals surface area contributed by atoms with Gasteiger partial charge in [0.1, 0.15) is 0 Å². The molecule has 0 saturated carbocycles. The van der Waals surface area contributed by atoms with Crippen LogP contribution in [0.5, 0.6) is 0 Å². The van der Waals surface area contributed by atoms with Crippen LogP contribution in [-0.2, 0) is 9.59 Å². The molecular weight excluding hydrogens is 290 g/mol. The first-order valence-electron chi connectivity index (χ1n) is 8.59. The molecule has 4 rings (SSSR count). The molecule has 3 heterocycles. The standard InChI is InChI=1S/C18H23N3O2/c22-17-6-5-16(18(23)20-17)13-3-1-12(2-4-13)14-10-21(11-14)15-7-8-19-9-15/h1-4,14-16,19H,5-11H2,(H,20,22,23). The average molecular weight is 313 g/mol. The van der Waals surface area contributed by atoms with Crippen molar-refractivity contribution in [3.8, 4) is 0 Å². The highest BCUT2D eigenvalue weighted by Gasteiger charge is 2.34. The lowest BCUT2D eigenvalue weighted by atomic mass is 9.86. The summed E-state index contributed by atoms with van der Waals surface area (Å²) in [5.74, 6) is 0.131. The molecule has 5 nitrogen and oxygen atoms in total. The molecule has 3 aliphatic rings. The zero-order chi connectivity index (χ0) is 15.8. The Balaban J connectivity index is 1.37. The minimum atomic E-state index is -0.177.